The van der Waals surface area contributed by atoms with Crippen molar-refractivity contribution < 1.29 is 9.59 Å². The van der Waals surface area contributed by atoms with Crippen LogP contribution in [0, 0.1) is 0 Å². The molecule has 0 spiro atoms. The van der Waals surface area contributed by atoms with Crippen LogP contribution >= 0.6 is 15.8 Å². The summed E-state index contributed by atoms with van der Waals surface area (Å²) in [7, 11) is -1.91. The summed E-state index contributed by atoms with van der Waals surface area (Å²) in [4.78, 5) is 28.5. The summed E-state index contributed by atoms with van der Waals surface area (Å²) in [5.74, 6) is -0.189. The summed E-state index contributed by atoms with van der Waals surface area (Å²) in [6.45, 7) is 0. The Labute approximate surface area is 297 Å². The average Bonchev–Trinajstić information content (AvgIpc) is 3.18. The van der Waals surface area contributed by atoms with Crippen molar-refractivity contribution >= 4 is 59.5 Å². The summed E-state index contributed by atoms with van der Waals surface area (Å²) in [5, 5.41) is 13.6. The van der Waals surface area contributed by atoms with Gasteiger partial charge in [-0.25, -0.2) is 0 Å². The molecule has 1 aliphatic rings. The molecule has 248 valence electrons. The van der Waals surface area contributed by atoms with E-state index in [4.69, 9.17) is 0 Å². The van der Waals surface area contributed by atoms with Gasteiger partial charge in [0, 0.05) is 23.2 Å². The zero-order valence-corrected chi connectivity index (χ0v) is 29.6. The van der Waals surface area contributed by atoms with Gasteiger partial charge in [-0.05, 0) is 72.6 Å². The summed E-state index contributed by atoms with van der Waals surface area (Å²) in [5.41, 5.74) is 1.37. The standard InChI is InChI=1S/C44H40N2O2P2/c47-43(37-27-13-17-31-41(37)49(33-19-5-1-6-20-33)34-21-7-2-8-22-34)45-39-29-15-16-30-40(39)46-44(48)38-28-14-18-32-42(38)50(35-23-9-3-10-24-35)36-25-11-4-12-26-36/h1-14,17-28,31-32,39-40H,15-16,29-30H2,(H,45,47)(H,46,48)/t39-,40-/m0/s1. The predicted octanol–water partition coefficient (Wildman–Crippen LogP) is 6.67. The Morgan fingerprint density at radius 1 is 0.400 bits per heavy atom. The monoisotopic (exact) mass is 690 g/mol. The highest BCUT2D eigenvalue weighted by Crippen LogP contribution is 2.35. The average molecular weight is 691 g/mol. The van der Waals surface area contributed by atoms with Crippen molar-refractivity contribution in [1.29, 1.82) is 0 Å². The molecule has 2 amide bonds. The Hall–Kier alpha value is -4.88. The van der Waals surface area contributed by atoms with Crippen LogP contribution in [0.2, 0.25) is 0 Å². The molecular formula is C44H40N2O2P2. The van der Waals surface area contributed by atoms with Crippen molar-refractivity contribution in [2.24, 2.45) is 0 Å². The van der Waals surface area contributed by atoms with E-state index in [1.807, 2.05) is 60.7 Å². The first-order chi connectivity index (χ1) is 24.7. The van der Waals surface area contributed by atoms with Gasteiger partial charge in [-0.15, -0.1) is 0 Å². The van der Waals surface area contributed by atoms with E-state index < -0.39 is 15.8 Å². The van der Waals surface area contributed by atoms with Crippen LogP contribution in [0.15, 0.2) is 170 Å². The Kier molecular flexibility index (Phi) is 10.9. The first-order valence-corrected chi connectivity index (χ1v) is 20.0. The topological polar surface area (TPSA) is 58.2 Å². The number of benzene rings is 6. The lowest BCUT2D eigenvalue weighted by molar-refractivity contribution is 0.0864. The molecule has 50 heavy (non-hydrogen) atoms. The Bertz CT molecular complexity index is 1800. The molecule has 0 bridgehead atoms. The van der Waals surface area contributed by atoms with Crippen LogP contribution in [0.5, 0.6) is 0 Å². The number of amides is 2. The zero-order valence-electron chi connectivity index (χ0n) is 27.9. The maximum absolute atomic E-state index is 14.2. The van der Waals surface area contributed by atoms with Crippen LogP contribution in [-0.4, -0.2) is 23.9 Å². The number of hydrogen-bond acceptors (Lipinski definition) is 2. The van der Waals surface area contributed by atoms with Gasteiger partial charge in [-0.1, -0.05) is 171 Å². The number of carbonyl (C=O) groups excluding carboxylic acids is 2. The van der Waals surface area contributed by atoms with Gasteiger partial charge in [-0.3, -0.25) is 9.59 Å². The van der Waals surface area contributed by atoms with Gasteiger partial charge >= 0.3 is 0 Å². The first kappa shape index (κ1) is 33.6. The summed E-state index contributed by atoms with van der Waals surface area (Å²) in [6, 6.07) is 57.5. The van der Waals surface area contributed by atoms with Gasteiger partial charge in [-0.2, -0.15) is 0 Å². The van der Waals surface area contributed by atoms with Crippen molar-refractivity contribution in [3.63, 3.8) is 0 Å². The molecule has 1 aliphatic carbocycles. The van der Waals surface area contributed by atoms with Gasteiger partial charge < -0.3 is 10.6 Å². The number of hydrogen-bond donors (Lipinski definition) is 2. The van der Waals surface area contributed by atoms with Crippen LogP contribution in [-0.2, 0) is 0 Å². The molecule has 0 aromatic heterocycles. The normalized spacial score (nSPS) is 15.8. The van der Waals surface area contributed by atoms with Crippen molar-refractivity contribution in [2.45, 2.75) is 37.8 Å². The van der Waals surface area contributed by atoms with Crippen molar-refractivity contribution in [3.8, 4) is 0 Å². The van der Waals surface area contributed by atoms with Crippen LogP contribution < -0.4 is 42.5 Å². The minimum atomic E-state index is -0.955. The van der Waals surface area contributed by atoms with E-state index in [0.29, 0.717) is 11.1 Å². The lowest BCUT2D eigenvalue weighted by Crippen LogP contribution is -2.54. The fourth-order valence-electron chi connectivity index (χ4n) is 6.85. The third-order valence-corrected chi connectivity index (χ3v) is 14.2. The first-order valence-electron chi connectivity index (χ1n) is 17.3. The molecule has 0 unspecified atom stereocenters. The quantitative estimate of drug-likeness (QED) is 0.158. The molecule has 6 heteroatoms. The minimum Gasteiger partial charge on any atom is -0.347 e. The highest BCUT2D eigenvalue weighted by atomic mass is 31.1. The van der Waals surface area contributed by atoms with Crippen molar-refractivity contribution in [2.75, 3.05) is 0 Å². The molecular weight excluding hydrogens is 650 g/mol. The van der Waals surface area contributed by atoms with Crippen LogP contribution in [0.1, 0.15) is 46.4 Å². The van der Waals surface area contributed by atoms with E-state index in [2.05, 4.69) is 120 Å². The molecule has 2 N–H and O–H groups in total. The fourth-order valence-corrected chi connectivity index (χ4v) is 11.7. The largest absolute Gasteiger partial charge is 0.347 e. The summed E-state index contributed by atoms with van der Waals surface area (Å²) < 4.78 is 0. The lowest BCUT2D eigenvalue weighted by atomic mass is 9.89. The van der Waals surface area contributed by atoms with Crippen LogP contribution in [0.25, 0.3) is 0 Å². The fraction of sp³-hybridized carbons (Fsp3) is 0.136. The molecule has 1 saturated carbocycles. The van der Waals surface area contributed by atoms with Gasteiger partial charge in [0.1, 0.15) is 0 Å². The van der Waals surface area contributed by atoms with Crippen molar-refractivity contribution in [3.05, 3.63) is 181 Å². The second kappa shape index (κ2) is 16.2. The SMILES string of the molecule is O=C(N[C@H]1CCCC[C@@H]1NC(=O)c1ccccc1P(c1ccccc1)c1ccccc1)c1ccccc1P(c1ccccc1)c1ccccc1. The van der Waals surface area contributed by atoms with Gasteiger partial charge in [0.25, 0.3) is 11.8 Å². The second-order valence-corrected chi connectivity index (χ2v) is 16.9. The Balaban J connectivity index is 1.15. The van der Waals surface area contributed by atoms with Crippen LogP contribution in [0.4, 0.5) is 0 Å². The maximum atomic E-state index is 14.2. The summed E-state index contributed by atoms with van der Waals surface area (Å²) >= 11 is 0. The molecule has 0 aliphatic heterocycles. The van der Waals surface area contributed by atoms with E-state index in [0.717, 1.165) is 36.3 Å². The molecule has 1 fully saturated rings. The number of carbonyl (C=O) groups is 2. The molecule has 6 aromatic rings. The van der Waals surface area contributed by atoms with E-state index in [-0.39, 0.29) is 23.9 Å². The van der Waals surface area contributed by atoms with Crippen molar-refractivity contribution in [1.82, 2.24) is 10.6 Å². The Morgan fingerprint density at radius 3 is 1.00 bits per heavy atom. The highest BCUT2D eigenvalue weighted by molar-refractivity contribution is 7.80. The molecule has 7 rings (SSSR count). The van der Waals surface area contributed by atoms with E-state index in [1.165, 1.54) is 21.2 Å². The molecule has 0 radical (unpaired) electrons. The smallest absolute Gasteiger partial charge is 0.252 e. The third kappa shape index (κ3) is 7.63. The van der Waals surface area contributed by atoms with E-state index in [9.17, 15) is 9.59 Å². The van der Waals surface area contributed by atoms with Gasteiger partial charge in [0.2, 0.25) is 0 Å². The lowest BCUT2D eigenvalue weighted by Gasteiger charge is -2.33. The molecule has 0 saturated heterocycles. The predicted molar refractivity (Wildman–Crippen MR) is 211 cm³/mol. The molecule has 4 nitrogen and oxygen atoms in total. The van der Waals surface area contributed by atoms with E-state index in [1.54, 1.807) is 0 Å². The maximum Gasteiger partial charge on any atom is 0.252 e. The molecule has 2 atom stereocenters. The summed E-state index contributed by atoms with van der Waals surface area (Å²) in [6.07, 6.45) is 3.63. The van der Waals surface area contributed by atoms with Crippen LogP contribution in [0.3, 0.4) is 0 Å². The second-order valence-electron chi connectivity index (χ2n) is 12.5. The van der Waals surface area contributed by atoms with Gasteiger partial charge in [0.15, 0.2) is 0 Å². The highest BCUT2D eigenvalue weighted by Gasteiger charge is 2.31. The Morgan fingerprint density at radius 2 is 0.680 bits per heavy atom. The van der Waals surface area contributed by atoms with Gasteiger partial charge in [0.05, 0.1) is 0 Å². The number of rotatable bonds is 10. The third-order valence-electron chi connectivity index (χ3n) is 9.24. The molecule has 6 aromatic carbocycles. The molecule has 0 heterocycles. The zero-order chi connectivity index (χ0) is 34.1. The number of nitrogens with one attached hydrogen (secondary N) is 2. The minimum absolute atomic E-state index is 0.0943. The van der Waals surface area contributed by atoms with E-state index >= 15 is 0 Å².